The fourth-order valence-corrected chi connectivity index (χ4v) is 6.60. The van der Waals surface area contributed by atoms with E-state index in [2.05, 4.69) is 16.3 Å². The number of nitrogens with zero attached hydrogens (tertiary/aromatic N) is 6. The molecule has 0 unspecified atom stereocenters. The van der Waals surface area contributed by atoms with E-state index in [0.717, 1.165) is 31.5 Å². The lowest BCUT2D eigenvalue weighted by atomic mass is 9.93. The van der Waals surface area contributed by atoms with Gasteiger partial charge in [-0.1, -0.05) is 30.8 Å². The Morgan fingerprint density at radius 3 is 2.72 bits per heavy atom. The fourth-order valence-electron chi connectivity index (χ4n) is 6.60. The van der Waals surface area contributed by atoms with Crippen molar-refractivity contribution in [2.75, 3.05) is 51.3 Å². The Kier molecular flexibility index (Phi) is 8.85. The Balaban J connectivity index is 1.34. The molecule has 0 spiro atoms. The largest absolute Gasteiger partial charge is 0.462 e. The Labute approximate surface area is 264 Å². The van der Waals surface area contributed by atoms with Crippen molar-refractivity contribution in [2.24, 2.45) is 0 Å². The highest BCUT2D eigenvalue weighted by Gasteiger charge is 2.37. The number of halogens is 4. The third kappa shape index (κ3) is 6.37. The number of carbonyl (C=O) groups is 1. The van der Waals surface area contributed by atoms with Crippen LogP contribution in [0.25, 0.3) is 15.6 Å². The minimum Gasteiger partial charge on any atom is -0.462 e. The third-order valence-electron chi connectivity index (χ3n) is 9.10. The van der Waals surface area contributed by atoms with Crippen LogP contribution in [0.2, 0.25) is 0 Å². The molecule has 4 heterocycles. The number of likely N-dealkylation sites (tertiary alicyclic amines) is 1. The number of likely N-dealkylation sites (N-methyl/N-ethyl adjacent to an activating group) is 1. The molecule has 1 amide bonds. The quantitative estimate of drug-likeness (QED) is 0.196. The van der Waals surface area contributed by atoms with Crippen LogP contribution in [-0.4, -0.2) is 84.1 Å². The number of carbonyl (C=O) groups excluding carboxylic acids is 1. The molecule has 2 aromatic carbocycles. The Bertz CT molecular complexity index is 1690. The van der Waals surface area contributed by atoms with Crippen molar-refractivity contribution in [1.82, 2.24) is 19.8 Å². The van der Waals surface area contributed by atoms with Crippen LogP contribution in [0.4, 0.5) is 23.4 Å². The van der Waals surface area contributed by atoms with Gasteiger partial charge in [0.05, 0.1) is 24.0 Å². The first-order valence-electron chi connectivity index (χ1n) is 15.2. The second-order valence-corrected chi connectivity index (χ2v) is 12.0. The van der Waals surface area contributed by atoms with Crippen LogP contribution in [-0.2, 0) is 28.7 Å². The van der Waals surface area contributed by atoms with Crippen molar-refractivity contribution < 1.29 is 31.8 Å². The zero-order valence-corrected chi connectivity index (χ0v) is 25.4. The van der Waals surface area contributed by atoms with Gasteiger partial charge in [-0.3, -0.25) is 4.79 Å². The van der Waals surface area contributed by atoms with E-state index in [4.69, 9.17) is 26.0 Å². The van der Waals surface area contributed by atoms with Gasteiger partial charge in [0.1, 0.15) is 18.5 Å². The Morgan fingerprint density at radius 1 is 1.17 bits per heavy atom. The number of aromatic nitrogens is 2. The minimum atomic E-state index is -4.49. The van der Waals surface area contributed by atoms with E-state index in [9.17, 15) is 22.4 Å². The molecule has 2 fully saturated rings. The molecule has 3 aliphatic heterocycles. The van der Waals surface area contributed by atoms with E-state index >= 15 is 0 Å². The average Bonchev–Trinajstić information content (AvgIpc) is 3.46. The molecule has 0 aliphatic carbocycles. The maximum absolute atomic E-state index is 13.8. The molecule has 3 aromatic rings. The zero-order chi connectivity index (χ0) is 32.6. The highest BCUT2D eigenvalue weighted by molar-refractivity contribution is 5.91. The van der Waals surface area contributed by atoms with Crippen LogP contribution in [0.3, 0.4) is 0 Å². The van der Waals surface area contributed by atoms with Crippen molar-refractivity contribution in [1.29, 1.82) is 0 Å². The first-order valence-corrected chi connectivity index (χ1v) is 15.2. The van der Waals surface area contributed by atoms with Crippen LogP contribution in [0.15, 0.2) is 48.8 Å². The molecule has 0 radical (unpaired) electrons. The lowest BCUT2D eigenvalue weighted by Crippen LogP contribution is -2.57. The van der Waals surface area contributed by atoms with Gasteiger partial charge in [-0.05, 0) is 54.9 Å². The summed E-state index contributed by atoms with van der Waals surface area (Å²) in [5.74, 6) is -1.38. The number of benzene rings is 2. The standard InChI is InChI=1S/C33H34F4N6O3/c1-20(34)31(44)43-13-12-42(17-24(43)16-38-2)30-27-19-45-29(15-28(27)39-32(40-30)46-18-23-7-5-11-41(23)3)25-8-4-6-21-9-10-22(14-26(21)25)33(35,36)37/h4,6,8-10,14,23-24,29H,1,5,7,11-13,15-19H2,3H3/t23-,24+,29+/m1/s1. The van der Waals surface area contributed by atoms with E-state index < -0.39 is 35.6 Å². The first kappa shape index (κ1) is 31.7. The van der Waals surface area contributed by atoms with Gasteiger partial charge in [0.2, 0.25) is 6.54 Å². The number of rotatable bonds is 7. The van der Waals surface area contributed by atoms with Crippen molar-refractivity contribution >= 4 is 22.5 Å². The number of amides is 1. The minimum absolute atomic E-state index is 0.0280. The van der Waals surface area contributed by atoms with E-state index in [-0.39, 0.29) is 44.7 Å². The molecule has 242 valence electrons. The van der Waals surface area contributed by atoms with E-state index in [1.54, 1.807) is 18.2 Å². The summed E-state index contributed by atoms with van der Waals surface area (Å²) < 4.78 is 67.1. The molecule has 2 saturated heterocycles. The number of alkyl halides is 3. The number of piperazine rings is 1. The van der Waals surface area contributed by atoms with Crippen LogP contribution in [0.5, 0.6) is 6.01 Å². The van der Waals surface area contributed by atoms with Gasteiger partial charge in [-0.2, -0.15) is 23.1 Å². The van der Waals surface area contributed by atoms with Gasteiger partial charge in [0.15, 0.2) is 5.83 Å². The molecular formula is C33H34F4N6O3. The number of hydrogen-bond acceptors (Lipinski definition) is 7. The molecule has 3 atom stereocenters. The highest BCUT2D eigenvalue weighted by atomic mass is 19.4. The van der Waals surface area contributed by atoms with Crippen LogP contribution in [0, 0.1) is 6.57 Å². The maximum atomic E-state index is 13.8. The summed E-state index contributed by atoms with van der Waals surface area (Å²) in [5.41, 5.74) is 1.25. The van der Waals surface area contributed by atoms with Crippen molar-refractivity contribution in [3.63, 3.8) is 0 Å². The Morgan fingerprint density at radius 2 is 2.00 bits per heavy atom. The van der Waals surface area contributed by atoms with E-state index in [0.29, 0.717) is 46.6 Å². The molecule has 9 nitrogen and oxygen atoms in total. The molecule has 0 bridgehead atoms. The summed E-state index contributed by atoms with van der Waals surface area (Å²) in [6, 6.07) is 8.83. The second kappa shape index (κ2) is 12.8. The number of fused-ring (bicyclic) bond motifs is 2. The van der Waals surface area contributed by atoms with Crippen molar-refractivity contribution in [3.05, 3.63) is 82.6 Å². The van der Waals surface area contributed by atoms with Gasteiger partial charge >= 0.3 is 12.2 Å². The molecule has 0 N–H and O–H groups in total. The van der Waals surface area contributed by atoms with Crippen molar-refractivity contribution in [2.45, 2.75) is 50.2 Å². The van der Waals surface area contributed by atoms with E-state index in [1.807, 2.05) is 11.9 Å². The topological polar surface area (TPSA) is 75.4 Å². The van der Waals surface area contributed by atoms with Crippen LogP contribution >= 0.6 is 0 Å². The van der Waals surface area contributed by atoms with Crippen LogP contribution < -0.4 is 9.64 Å². The summed E-state index contributed by atoms with van der Waals surface area (Å²) in [4.78, 5) is 31.0. The third-order valence-corrected chi connectivity index (χ3v) is 9.10. The second-order valence-electron chi connectivity index (χ2n) is 12.0. The monoisotopic (exact) mass is 638 g/mol. The highest BCUT2D eigenvalue weighted by Crippen LogP contribution is 2.39. The van der Waals surface area contributed by atoms with Crippen LogP contribution in [0.1, 0.15) is 41.3 Å². The van der Waals surface area contributed by atoms with Gasteiger partial charge in [-0.15, -0.1) is 0 Å². The number of ether oxygens (including phenoxy) is 2. The average molecular weight is 639 g/mol. The molecule has 13 heteroatoms. The fraction of sp³-hybridized carbons (Fsp3) is 0.455. The smallest absolute Gasteiger partial charge is 0.416 e. The van der Waals surface area contributed by atoms with Gasteiger partial charge < -0.3 is 29.0 Å². The van der Waals surface area contributed by atoms with Gasteiger partial charge in [0, 0.05) is 37.7 Å². The number of anilines is 1. The van der Waals surface area contributed by atoms with Gasteiger partial charge in [0.25, 0.3) is 5.91 Å². The molecule has 6 rings (SSSR count). The predicted octanol–water partition coefficient (Wildman–Crippen LogP) is 5.36. The van der Waals surface area contributed by atoms with Crippen molar-refractivity contribution in [3.8, 4) is 6.01 Å². The van der Waals surface area contributed by atoms with E-state index in [1.165, 1.54) is 11.0 Å². The normalized spacial score (nSPS) is 22.0. The predicted molar refractivity (Wildman–Crippen MR) is 163 cm³/mol. The SMILES string of the molecule is [C-]#[N+]C[C@H]1CN(c2nc(OC[C@H]3CCCN3C)nc3c2CO[C@H](c2cccc4ccc(C(F)(F)F)cc24)C3)CCN1C(=O)C(=C)F. The molecular weight excluding hydrogens is 604 g/mol. The summed E-state index contributed by atoms with van der Waals surface area (Å²) in [6.07, 6.45) is -2.74. The Hall–Kier alpha value is -4.28. The number of hydrogen-bond donors (Lipinski definition) is 0. The first-order chi connectivity index (χ1) is 22.0. The maximum Gasteiger partial charge on any atom is 0.416 e. The van der Waals surface area contributed by atoms with Gasteiger partial charge in [-0.25, -0.2) is 11.0 Å². The zero-order valence-electron chi connectivity index (χ0n) is 25.4. The summed E-state index contributed by atoms with van der Waals surface area (Å²) >= 11 is 0. The lowest BCUT2D eigenvalue weighted by Gasteiger charge is -2.40. The molecule has 0 saturated carbocycles. The molecule has 3 aliphatic rings. The molecule has 1 aromatic heterocycles. The lowest BCUT2D eigenvalue weighted by molar-refractivity contribution is -0.137. The molecule has 46 heavy (non-hydrogen) atoms. The summed E-state index contributed by atoms with van der Waals surface area (Å²) in [6.45, 7) is 12.7. The summed E-state index contributed by atoms with van der Waals surface area (Å²) in [7, 11) is 2.04. The summed E-state index contributed by atoms with van der Waals surface area (Å²) in [5, 5.41) is 1.13.